The topological polar surface area (TPSA) is 238 Å². The van der Waals surface area contributed by atoms with E-state index in [0.717, 1.165) is 5.56 Å². The van der Waals surface area contributed by atoms with E-state index in [1.165, 1.54) is 6.92 Å². The largest absolute Gasteiger partial charge is 0.399 e. The van der Waals surface area contributed by atoms with Crippen LogP contribution >= 0.6 is 0 Å². The first-order valence-electron chi connectivity index (χ1n) is 16.3. The summed E-state index contributed by atoms with van der Waals surface area (Å²) < 4.78 is 0. The summed E-state index contributed by atoms with van der Waals surface area (Å²) in [6.07, 6.45) is 6.60. The number of Topliss-reactive ketones (excluding diaryl/α,β-unsaturated/α-hetero) is 1. The van der Waals surface area contributed by atoms with E-state index >= 15 is 0 Å². The Labute approximate surface area is 289 Å². The summed E-state index contributed by atoms with van der Waals surface area (Å²) in [5, 5.41) is 8.03. The molecule has 0 fully saturated rings. The Hall–Kier alpha value is -5.46. The van der Waals surface area contributed by atoms with E-state index in [1.54, 1.807) is 73.7 Å². The molecule has 0 saturated heterocycles. The molecule has 11 N–H and O–H groups in total. The summed E-state index contributed by atoms with van der Waals surface area (Å²) in [6, 6.07) is 10.4. The van der Waals surface area contributed by atoms with E-state index in [1.807, 2.05) is 20.8 Å². The number of carbonyl (C=O) groups is 5. The van der Waals surface area contributed by atoms with E-state index in [2.05, 4.69) is 20.9 Å². The van der Waals surface area contributed by atoms with Crippen LogP contribution in [0.25, 0.3) is 0 Å². The lowest BCUT2D eigenvalue weighted by Crippen LogP contribution is -2.57. The van der Waals surface area contributed by atoms with E-state index in [9.17, 15) is 24.0 Å². The second-order valence-corrected chi connectivity index (χ2v) is 11.0. The Morgan fingerprint density at radius 2 is 1.29 bits per heavy atom. The minimum Gasteiger partial charge on any atom is -0.399 e. The first kappa shape index (κ1) is 41.6. The van der Waals surface area contributed by atoms with Gasteiger partial charge in [-0.05, 0) is 56.4 Å². The molecule has 2 aromatic rings. The number of primary amides is 1. The van der Waals surface area contributed by atoms with Crippen LogP contribution in [0.3, 0.4) is 0 Å². The minimum absolute atomic E-state index is 0.0600. The summed E-state index contributed by atoms with van der Waals surface area (Å²) in [7, 11) is 0. The van der Waals surface area contributed by atoms with Crippen molar-refractivity contribution in [3.05, 3.63) is 89.0 Å². The van der Waals surface area contributed by atoms with Crippen molar-refractivity contribution in [2.45, 2.75) is 84.8 Å². The molecule has 13 nitrogen and oxygen atoms in total. The van der Waals surface area contributed by atoms with Crippen LogP contribution in [-0.2, 0) is 32.0 Å². The molecule has 0 aliphatic heterocycles. The quantitative estimate of drug-likeness (QED) is 0.0234. The highest BCUT2D eigenvalue weighted by molar-refractivity contribution is 6.10. The SMILES string of the molecule is C/C=C\C(=C/C)C(=O)c1ccc(CC(NC(C)=O)C(=O)NC(CCCCN=C(N)N)C(=O)NC(Cc2ccc(N)cc2)C(N)=O)cc1.CC. The zero-order chi connectivity index (χ0) is 36.9. The van der Waals surface area contributed by atoms with Crippen molar-refractivity contribution >= 4 is 41.1 Å². The Morgan fingerprint density at radius 1 is 0.755 bits per heavy atom. The van der Waals surface area contributed by atoms with Gasteiger partial charge < -0.3 is 38.9 Å². The number of nitrogen functional groups attached to an aromatic ring is 1. The number of amides is 4. The molecule has 0 saturated carbocycles. The average Bonchev–Trinajstić information content (AvgIpc) is 3.07. The van der Waals surface area contributed by atoms with Crippen molar-refractivity contribution in [1.29, 1.82) is 0 Å². The fraction of sp³-hybridized carbons (Fsp3) is 0.389. The average molecular weight is 677 g/mol. The maximum absolute atomic E-state index is 13.6. The third kappa shape index (κ3) is 15.3. The Morgan fingerprint density at radius 3 is 1.80 bits per heavy atom. The molecule has 0 heterocycles. The molecule has 0 aliphatic rings. The molecule has 2 rings (SSSR count). The summed E-state index contributed by atoms with van der Waals surface area (Å²) in [5.41, 5.74) is 25.1. The molecule has 3 unspecified atom stereocenters. The van der Waals surface area contributed by atoms with Gasteiger partial charge in [0.25, 0.3) is 0 Å². The minimum atomic E-state index is -1.07. The van der Waals surface area contributed by atoms with Gasteiger partial charge in [0, 0.05) is 43.1 Å². The highest BCUT2D eigenvalue weighted by Crippen LogP contribution is 2.14. The molecule has 4 amide bonds. The van der Waals surface area contributed by atoms with Gasteiger partial charge in [-0.2, -0.15) is 0 Å². The van der Waals surface area contributed by atoms with Crippen molar-refractivity contribution in [1.82, 2.24) is 16.0 Å². The lowest BCUT2D eigenvalue weighted by molar-refractivity contribution is -0.133. The smallest absolute Gasteiger partial charge is 0.243 e. The fourth-order valence-electron chi connectivity index (χ4n) is 4.73. The molecule has 0 bridgehead atoms. The van der Waals surface area contributed by atoms with Gasteiger partial charge in [0.2, 0.25) is 23.6 Å². The summed E-state index contributed by atoms with van der Waals surface area (Å²) >= 11 is 0. The highest BCUT2D eigenvalue weighted by atomic mass is 16.2. The highest BCUT2D eigenvalue weighted by Gasteiger charge is 2.29. The lowest BCUT2D eigenvalue weighted by atomic mass is 9.98. The first-order valence-corrected chi connectivity index (χ1v) is 16.3. The van der Waals surface area contributed by atoms with Gasteiger partial charge in [0.15, 0.2) is 11.7 Å². The second kappa shape index (κ2) is 22.2. The monoisotopic (exact) mass is 676 g/mol. The first-order chi connectivity index (χ1) is 23.3. The number of aliphatic imine (C=N–C) groups is 1. The number of ketones is 1. The van der Waals surface area contributed by atoms with Crippen LogP contribution in [0.4, 0.5) is 5.69 Å². The van der Waals surface area contributed by atoms with Gasteiger partial charge in [-0.3, -0.25) is 29.0 Å². The van der Waals surface area contributed by atoms with Crippen LogP contribution < -0.4 is 38.9 Å². The molecular formula is C36H52N8O5. The normalized spacial score (nSPS) is 12.8. The maximum atomic E-state index is 13.6. The van der Waals surface area contributed by atoms with E-state index < -0.39 is 41.8 Å². The lowest BCUT2D eigenvalue weighted by Gasteiger charge is -2.25. The van der Waals surface area contributed by atoms with E-state index in [0.29, 0.717) is 41.8 Å². The van der Waals surface area contributed by atoms with Gasteiger partial charge >= 0.3 is 0 Å². The van der Waals surface area contributed by atoms with Gasteiger partial charge in [-0.25, -0.2) is 0 Å². The van der Waals surface area contributed by atoms with Crippen LogP contribution in [0.1, 0.15) is 75.4 Å². The summed E-state index contributed by atoms with van der Waals surface area (Å²) in [5.74, 6) is -2.63. The third-order valence-electron chi connectivity index (χ3n) is 7.18. The second-order valence-electron chi connectivity index (χ2n) is 11.0. The standard InChI is InChI=1S/C34H46N8O5.C2H6/c1-4-8-24(5-2)30(44)25-14-10-22(11-15-25)20-29(40-21(3)43)33(47)41-27(9-6-7-18-39-34(37)38)32(46)42-28(31(36)45)19-23-12-16-26(35)17-13-23;1-2/h4-5,8,10-17,27-29H,6-7,9,18-20,35H2,1-3H3,(H2,36,45)(H,40,43)(H,41,47)(H,42,46)(H4,37,38,39);1-2H3/b8-4-,24-5+;. The van der Waals surface area contributed by atoms with Crippen molar-refractivity contribution in [2.75, 3.05) is 12.3 Å². The van der Waals surface area contributed by atoms with Crippen molar-refractivity contribution in [3.63, 3.8) is 0 Å². The van der Waals surface area contributed by atoms with Crippen LogP contribution in [-0.4, -0.2) is 60.0 Å². The van der Waals surface area contributed by atoms with E-state index in [-0.39, 0.29) is 31.0 Å². The van der Waals surface area contributed by atoms with Crippen molar-refractivity contribution < 1.29 is 24.0 Å². The molecule has 0 spiro atoms. The van der Waals surface area contributed by atoms with Crippen molar-refractivity contribution in [2.24, 2.45) is 22.2 Å². The zero-order valence-electron chi connectivity index (χ0n) is 29.1. The number of nitrogens with zero attached hydrogens (tertiary/aromatic N) is 1. The summed E-state index contributed by atoms with van der Waals surface area (Å²) in [6.45, 7) is 9.21. The third-order valence-corrected chi connectivity index (χ3v) is 7.18. The number of carbonyl (C=O) groups excluding carboxylic acids is 5. The molecule has 0 radical (unpaired) electrons. The Kier molecular flexibility index (Phi) is 18.8. The molecule has 266 valence electrons. The number of unbranched alkanes of at least 4 members (excludes halogenated alkanes) is 1. The molecular weight excluding hydrogens is 624 g/mol. The maximum Gasteiger partial charge on any atom is 0.243 e. The number of benzene rings is 2. The van der Waals surface area contributed by atoms with Crippen LogP contribution in [0.2, 0.25) is 0 Å². The van der Waals surface area contributed by atoms with E-state index in [4.69, 9.17) is 22.9 Å². The summed E-state index contributed by atoms with van der Waals surface area (Å²) in [4.78, 5) is 68.1. The molecule has 49 heavy (non-hydrogen) atoms. The fourth-order valence-corrected chi connectivity index (χ4v) is 4.73. The number of rotatable bonds is 18. The molecule has 3 atom stereocenters. The molecule has 13 heteroatoms. The number of anilines is 1. The van der Waals surface area contributed by atoms with Crippen LogP contribution in [0, 0.1) is 0 Å². The number of nitrogens with two attached hydrogens (primary N) is 4. The Bertz CT molecular complexity index is 1480. The molecule has 0 aromatic heterocycles. The van der Waals surface area contributed by atoms with Gasteiger partial charge in [0.1, 0.15) is 18.1 Å². The molecule has 0 aliphatic carbocycles. The predicted octanol–water partition coefficient (Wildman–Crippen LogP) is 2.19. The number of hydrogen-bond acceptors (Lipinski definition) is 7. The van der Waals surface area contributed by atoms with Gasteiger partial charge in [-0.15, -0.1) is 0 Å². The van der Waals surface area contributed by atoms with Gasteiger partial charge in [-0.1, -0.05) is 68.5 Å². The van der Waals surface area contributed by atoms with Crippen LogP contribution in [0.5, 0.6) is 0 Å². The number of allylic oxidation sites excluding steroid dienone is 4. The molecule has 2 aromatic carbocycles. The van der Waals surface area contributed by atoms with Gasteiger partial charge in [0.05, 0.1) is 0 Å². The predicted molar refractivity (Wildman–Crippen MR) is 194 cm³/mol. The van der Waals surface area contributed by atoms with Crippen LogP contribution in [0.15, 0.2) is 77.3 Å². The van der Waals surface area contributed by atoms with Crippen molar-refractivity contribution in [3.8, 4) is 0 Å². The number of guanidine groups is 1. The number of nitrogens with one attached hydrogen (secondary N) is 3. The zero-order valence-corrected chi connectivity index (χ0v) is 29.1. The Balaban J connectivity index is 0.00000589. The number of hydrogen-bond donors (Lipinski definition) is 7.